The first-order valence-corrected chi connectivity index (χ1v) is 7.05. The molecule has 100 valence electrons. The van der Waals surface area contributed by atoms with Crippen molar-refractivity contribution in [2.75, 3.05) is 6.54 Å². The minimum absolute atomic E-state index is 0.331. The van der Waals surface area contributed by atoms with Crippen molar-refractivity contribution in [1.82, 2.24) is 10.3 Å². The van der Waals surface area contributed by atoms with Gasteiger partial charge in [-0.05, 0) is 40.5 Å². The summed E-state index contributed by atoms with van der Waals surface area (Å²) in [6, 6.07) is 5.18. The van der Waals surface area contributed by atoms with Gasteiger partial charge in [0.2, 0.25) is 5.95 Å². The van der Waals surface area contributed by atoms with Crippen LogP contribution in [0.15, 0.2) is 28.2 Å². The van der Waals surface area contributed by atoms with Crippen LogP contribution in [0.4, 0.5) is 9.18 Å². The Morgan fingerprint density at radius 2 is 2.32 bits per heavy atom. The summed E-state index contributed by atoms with van der Waals surface area (Å²) in [6.07, 6.45) is 0.919. The lowest BCUT2D eigenvalue weighted by atomic mass is 10.1. The molecule has 0 aliphatic heterocycles. The van der Waals surface area contributed by atoms with Crippen LogP contribution in [0.1, 0.15) is 4.88 Å². The van der Waals surface area contributed by atoms with E-state index in [1.54, 1.807) is 12.1 Å². The van der Waals surface area contributed by atoms with Crippen molar-refractivity contribution in [2.45, 2.75) is 6.42 Å². The molecule has 2 N–H and O–H groups in total. The Bertz CT molecular complexity index is 603. The van der Waals surface area contributed by atoms with Gasteiger partial charge in [0.05, 0.1) is 3.79 Å². The first-order valence-electron chi connectivity index (χ1n) is 5.44. The van der Waals surface area contributed by atoms with Crippen LogP contribution in [-0.4, -0.2) is 22.7 Å². The zero-order valence-corrected chi connectivity index (χ0v) is 12.1. The third-order valence-electron chi connectivity index (χ3n) is 2.43. The summed E-state index contributed by atoms with van der Waals surface area (Å²) >= 11 is 4.86. The van der Waals surface area contributed by atoms with Crippen LogP contribution < -0.4 is 5.32 Å². The van der Waals surface area contributed by atoms with Crippen LogP contribution in [-0.2, 0) is 6.42 Å². The molecule has 2 aromatic rings. The highest BCUT2D eigenvalue weighted by Gasteiger charge is 2.13. The quantitative estimate of drug-likeness (QED) is 0.834. The molecule has 0 aromatic carbocycles. The van der Waals surface area contributed by atoms with Gasteiger partial charge < -0.3 is 10.4 Å². The maximum Gasteiger partial charge on any atom is 0.404 e. The lowest BCUT2D eigenvalue weighted by Gasteiger charge is -1.99. The lowest BCUT2D eigenvalue weighted by Crippen LogP contribution is -2.22. The zero-order chi connectivity index (χ0) is 13.8. The van der Waals surface area contributed by atoms with E-state index in [1.807, 2.05) is 6.07 Å². The molecular formula is C12H10BrFN2O2S. The predicted molar refractivity (Wildman–Crippen MR) is 74.9 cm³/mol. The summed E-state index contributed by atoms with van der Waals surface area (Å²) in [7, 11) is 0. The van der Waals surface area contributed by atoms with Gasteiger partial charge in [-0.25, -0.2) is 9.78 Å². The fourth-order valence-electron chi connectivity index (χ4n) is 1.60. The van der Waals surface area contributed by atoms with E-state index in [4.69, 9.17) is 5.11 Å². The molecule has 0 aliphatic rings. The van der Waals surface area contributed by atoms with E-state index in [9.17, 15) is 9.18 Å². The minimum atomic E-state index is -1.05. The number of hydrogen-bond donors (Lipinski definition) is 2. The van der Waals surface area contributed by atoms with E-state index in [0.29, 0.717) is 18.5 Å². The molecule has 0 saturated carbocycles. The van der Waals surface area contributed by atoms with Gasteiger partial charge in [-0.1, -0.05) is 0 Å². The van der Waals surface area contributed by atoms with Crippen molar-refractivity contribution in [2.24, 2.45) is 0 Å². The summed E-state index contributed by atoms with van der Waals surface area (Å²) in [4.78, 5) is 14.9. The number of amides is 1. The highest BCUT2D eigenvalue weighted by atomic mass is 79.9. The largest absolute Gasteiger partial charge is 0.465 e. The van der Waals surface area contributed by atoms with Crippen molar-refractivity contribution < 1.29 is 14.3 Å². The number of thiophene rings is 1. The van der Waals surface area contributed by atoms with E-state index in [1.165, 1.54) is 17.5 Å². The number of nitrogens with zero attached hydrogens (tertiary/aromatic N) is 1. The third-order valence-corrected chi connectivity index (χ3v) is 4.33. The molecule has 0 spiro atoms. The fourth-order valence-corrected chi connectivity index (χ4v) is 3.45. The molecule has 0 atom stereocenters. The van der Waals surface area contributed by atoms with Gasteiger partial charge in [0.1, 0.15) is 0 Å². The monoisotopic (exact) mass is 344 g/mol. The van der Waals surface area contributed by atoms with Crippen molar-refractivity contribution in [1.29, 1.82) is 0 Å². The van der Waals surface area contributed by atoms with Crippen LogP contribution in [0.2, 0.25) is 0 Å². The fraction of sp³-hybridized carbons (Fsp3) is 0.167. The average molecular weight is 345 g/mol. The summed E-state index contributed by atoms with van der Waals surface area (Å²) < 4.78 is 14.4. The van der Waals surface area contributed by atoms with Crippen LogP contribution in [0.3, 0.4) is 0 Å². The number of pyridine rings is 1. The Morgan fingerprint density at radius 1 is 1.53 bits per heavy atom. The summed E-state index contributed by atoms with van der Waals surface area (Å²) in [5.41, 5.74) is 1.17. The highest BCUT2D eigenvalue weighted by Crippen LogP contribution is 2.36. The molecule has 4 nitrogen and oxygen atoms in total. The first-order chi connectivity index (χ1) is 9.08. The van der Waals surface area contributed by atoms with Gasteiger partial charge in [-0.2, -0.15) is 4.39 Å². The molecule has 7 heteroatoms. The normalized spacial score (nSPS) is 10.4. The molecule has 0 bridgehead atoms. The van der Waals surface area contributed by atoms with Crippen LogP contribution in [0.25, 0.3) is 11.1 Å². The van der Waals surface area contributed by atoms with Gasteiger partial charge in [0, 0.05) is 28.7 Å². The van der Waals surface area contributed by atoms with Crippen LogP contribution in [0.5, 0.6) is 0 Å². The predicted octanol–water partition coefficient (Wildman–Crippen LogP) is 3.52. The Kier molecular flexibility index (Phi) is 4.49. The summed E-state index contributed by atoms with van der Waals surface area (Å²) in [6.45, 7) is 0.331. The van der Waals surface area contributed by atoms with E-state index < -0.39 is 12.0 Å². The van der Waals surface area contributed by atoms with Gasteiger partial charge in [0.15, 0.2) is 0 Å². The second-order valence-electron chi connectivity index (χ2n) is 3.72. The molecule has 0 radical (unpaired) electrons. The van der Waals surface area contributed by atoms with Crippen molar-refractivity contribution >= 4 is 33.4 Å². The van der Waals surface area contributed by atoms with E-state index in [-0.39, 0.29) is 0 Å². The molecule has 1 amide bonds. The molecule has 2 aromatic heterocycles. The Labute approximate surface area is 121 Å². The van der Waals surface area contributed by atoms with Crippen molar-refractivity contribution in [3.8, 4) is 11.1 Å². The van der Waals surface area contributed by atoms with E-state index in [0.717, 1.165) is 14.2 Å². The molecule has 19 heavy (non-hydrogen) atoms. The third kappa shape index (κ3) is 3.51. The van der Waals surface area contributed by atoms with Crippen LogP contribution >= 0.6 is 27.3 Å². The number of hydrogen-bond acceptors (Lipinski definition) is 3. The number of rotatable bonds is 4. The molecule has 0 fully saturated rings. The summed E-state index contributed by atoms with van der Waals surface area (Å²) in [5, 5.41) is 10.8. The van der Waals surface area contributed by atoms with Gasteiger partial charge in [-0.15, -0.1) is 11.3 Å². The zero-order valence-electron chi connectivity index (χ0n) is 9.69. The highest BCUT2D eigenvalue weighted by molar-refractivity contribution is 9.11. The van der Waals surface area contributed by atoms with Gasteiger partial charge in [0.25, 0.3) is 0 Å². The topological polar surface area (TPSA) is 62.2 Å². The number of nitrogens with one attached hydrogen (secondary N) is 1. The van der Waals surface area contributed by atoms with Crippen molar-refractivity contribution in [3.63, 3.8) is 0 Å². The average Bonchev–Trinajstić information content (AvgIpc) is 2.70. The Morgan fingerprint density at radius 3 is 3.00 bits per heavy atom. The number of carboxylic acid groups (broad SMARTS) is 1. The minimum Gasteiger partial charge on any atom is -0.465 e. The standard InChI is InChI=1S/C12H10BrFN2O2S/c13-10-9(8-2-1-4-15-11(8)14)6-7(19-10)3-5-16-12(17)18/h1-2,4,6,16H,3,5H2,(H,17,18). The SMILES string of the molecule is O=C(O)NCCc1cc(-c2cccnc2F)c(Br)s1. The number of carbonyl (C=O) groups is 1. The maximum absolute atomic E-state index is 13.6. The number of aromatic nitrogens is 1. The molecular weight excluding hydrogens is 335 g/mol. The second-order valence-corrected chi connectivity index (χ2v) is 6.18. The van der Waals surface area contributed by atoms with Gasteiger partial charge in [-0.3, -0.25) is 0 Å². The molecule has 0 unspecified atom stereocenters. The molecule has 2 rings (SSSR count). The Balaban J connectivity index is 2.17. The molecule has 0 saturated heterocycles. The summed E-state index contributed by atoms with van der Waals surface area (Å²) in [5.74, 6) is -0.517. The maximum atomic E-state index is 13.6. The first kappa shape index (κ1) is 14.0. The lowest BCUT2D eigenvalue weighted by molar-refractivity contribution is 0.194. The number of halogens is 2. The van der Waals surface area contributed by atoms with Gasteiger partial charge >= 0.3 is 6.09 Å². The second kappa shape index (κ2) is 6.12. The van der Waals surface area contributed by atoms with E-state index in [2.05, 4.69) is 26.2 Å². The smallest absolute Gasteiger partial charge is 0.404 e. The van der Waals surface area contributed by atoms with Crippen LogP contribution in [0, 0.1) is 5.95 Å². The van der Waals surface area contributed by atoms with Crippen molar-refractivity contribution in [3.05, 3.63) is 39.0 Å². The molecule has 2 heterocycles. The van der Waals surface area contributed by atoms with E-state index >= 15 is 0 Å². The Hall–Kier alpha value is -1.47. The molecule has 0 aliphatic carbocycles.